The largest absolute Gasteiger partial charge is 0.481 e. The molecule has 4 N–H and O–H groups in total. The number of carboxylic acids is 2. The lowest BCUT2D eigenvalue weighted by Crippen LogP contribution is -2.50. The summed E-state index contributed by atoms with van der Waals surface area (Å²) >= 11 is 0. The maximum Gasteiger partial charge on any atom is 0.324 e. The number of aliphatic carboxylic acids is 2. The van der Waals surface area contributed by atoms with Crippen LogP contribution < -0.4 is 5.73 Å². The summed E-state index contributed by atoms with van der Waals surface area (Å²) in [5.74, 6) is -2.74. The lowest BCUT2D eigenvalue weighted by Gasteiger charge is -2.24. The van der Waals surface area contributed by atoms with Gasteiger partial charge in [0.05, 0.1) is 5.92 Å². The zero-order valence-corrected chi connectivity index (χ0v) is 8.14. The van der Waals surface area contributed by atoms with E-state index in [1.807, 2.05) is 0 Å². The van der Waals surface area contributed by atoms with Crippen LogP contribution >= 0.6 is 0 Å². The van der Waals surface area contributed by atoms with Crippen LogP contribution in [0.1, 0.15) is 19.3 Å². The number of carboxylic acid groups (broad SMARTS) is 2. The summed E-state index contributed by atoms with van der Waals surface area (Å²) in [4.78, 5) is 22.1. The van der Waals surface area contributed by atoms with E-state index >= 15 is 0 Å². The lowest BCUT2D eigenvalue weighted by molar-refractivity contribution is -0.145. The molecule has 0 amide bonds. The van der Waals surface area contributed by atoms with E-state index in [0.717, 1.165) is 12.8 Å². The zero-order valence-electron chi connectivity index (χ0n) is 8.14. The summed E-state index contributed by atoms with van der Waals surface area (Å²) < 4.78 is 0. The molecule has 3 fully saturated rings. The van der Waals surface area contributed by atoms with Gasteiger partial charge < -0.3 is 15.9 Å². The van der Waals surface area contributed by atoms with Crippen molar-refractivity contribution < 1.29 is 19.8 Å². The summed E-state index contributed by atoms with van der Waals surface area (Å²) in [5.41, 5.74) is 4.54. The van der Waals surface area contributed by atoms with Gasteiger partial charge in [-0.3, -0.25) is 9.59 Å². The molecule has 0 heterocycles. The van der Waals surface area contributed by atoms with Crippen molar-refractivity contribution in [2.45, 2.75) is 24.8 Å². The van der Waals surface area contributed by atoms with Crippen molar-refractivity contribution in [3.63, 3.8) is 0 Å². The molecule has 5 heteroatoms. The predicted molar refractivity (Wildman–Crippen MR) is 48.9 cm³/mol. The molecular formula is C10H13NO4. The molecule has 5 nitrogen and oxygen atoms in total. The first-order valence-corrected chi connectivity index (χ1v) is 5.17. The van der Waals surface area contributed by atoms with Gasteiger partial charge in [-0.05, 0) is 30.6 Å². The second-order valence-corrected chi connectivity index (χ2v) is 5.30. The van der Waals surface area contributed by atoms with Gasteiger partial charge in [0.1, 0.15) is 5.54 Å². The molecule has 15 heavy (non-hydrogen) atoms. The van der Waals surface area contributed by atoms with Gasteiger partial charge in [0.2, 0.25) is 0 Å². The van der Waals surface area contributed by atoms with E-state index in [2.05, 4.69) is 0 Å². The Morgan fingerprint density at radius 1 is 1.20 bits per heavy atom. The van der Waals surface area contributed by atoms with Crippen molar-refractivity contribution in [3.05, 3.63) is 0 Å². The quantitative estimate of drug-likeness (QED) is 0.592. The first-order valence-electron chi connectivity index (χ1n) is 5.17. The second-order valence-electron chi connectivity index (χ2n) is 5.30. The molecule has 0 unspecified atom stereocenters. The topological polar surface area (TPSA) is 101 Å². The normalized spacial score (nSPS) is 48.7. The van der Waals surface area contributed by atoms with E-state index in [1.165, 1.54) is 0 Å². The molecule has 1 spiro atoms. The Balaban J connectivity index is 1.97. The Morgan fingerprint density at radius 3 is 2.20 bits per heavy atom. The minimum absolute atomic E-state index is 0.0242. The molecule has 3 aliphatic carbocycles. The Hall–Kier alpha value is -1.10. The van der Waals surface area contributed by atoms with Gasteiger partial charge in [-0.15, -0.1) is 0 Å². The van der Waals surface area contributed by atoms with Crippen LogP contribution in [-0.2, 0) is 9.59 Å². The lowest BCUT2D eigenvalue weighted by atomic mass is 9.86. The minimum atomic E-state index is -1.29. The van der Waals surface area contributed by atoms with Crippen LogP contribution in [-0.4, -0.2) is 27.7 Å². The molecule has 0 aromatic rings. The van der Waals surface area contributed by atoms with E-state index in [9.17, 15) is 9.59 Å². The SMILES string of the molecule is N[C@@]1(C(=O)O)CC2(CC2)[C@H]2[C@H](C(=O)O)[C@H]21. The molecule has 4 atom stereocenters. The van der Waals surface area contributed by atoms with Crippen LogP contribution in [0.4, 0.5) is 0 Å². The van der Waals surface area contributed by atoms with Crippen LogP contribution in [0.3, 0.4) is 0 Å². The van der Waals surface area contributed by atoms with Crippen molar-refractivity contribution in [2.24, 2.45) is 28.9 Å². The standard InChI is InChI=1S/C10H13NO4/c11-10(8(14)15)3-9(1-2-9)5-4(6(5)10)7(12)13/h4-6H,1-3,11H2,(H,12,13)(H,14,15)/t4-,5-,6+,10-/m0/s1. The summed E-state index contributed by atoms with van der Waals surface area (Å²) in [6.45, 7) is 0. The molecule has 82 valence electrons. The Kier molecular flexibility index (Phi) is 1.33. The average molecular weight is 211 g/mol. The van der Waals surface area contributed by atoms with Crippen LogP contribution in [0.5, 0.6) is 0 Å². The summed E-state index contributed by atoms with van der Waals surface area (Å²) in [7, 11) is 0. The Morgan fingerprint density at radius 2 is 1.80 bits per heavy atom. The number of nitrogens with two attached hydrogens (primary N) is 1. The number of rotatable bonds is 2. The van der Waals surface area contributed by atoms with Crippen molar-refractivity contribution in [3.8, 4) is 0 Å². The molecule has 3 saturated carbocycles. The van der Waals surface area contributed by atoms with Crippen LogP contribution in [0.15, 0.2) is 0 Å². The Labute approximate surface area is 86.3 Å². The first-order chi connectivity index (χ1) is 6.92. The highest BCUT2D eigenvalue weighted by Gasteiger charge is 2.81. The smallest absolute Gasteiger partial charge is 0.324 e. The fraction of sp³-hybridized carbons (Fsp3) is 0.800. The summed E-state index contributed by atoms with van der Waals surface area (Å²) in [6, 6.07) is 0. The number of hydrogen-bond acceptors (Lipinski definition) is 3. The van der Waals surface area contributed by atoms with Gasteiger partial charge in [-0.1, -0.05) is 0 Å². The number of hydrogen-bond donors (Lipinski definition) is 3. The second kappa shape index (κ2) is 2.19. The van der Waals surface area contributed by atoms with E-state index < -0.39 is 23.4 Å². The van der Waals surface area contributed by atoms with Gasteiger partial charge in [0, 0.05) is 5.92 Å². The fourth-order valence-corrected chi connectivity index (χ4v) is 3.73. The van der Waals surface area contributed by atoms with Gasteiger partial charge in [-0.25, -0.2) is 0 Å². The van der Waals surface area contributed by atoms with E-state index in [-0.39, 0.29) is 17.3 Å². The summed E-state index contributed by atoms with van der Waals surface area (Å²) in [5, 5.41) is 18.1. The maximum atomic E-state index is 11.1. The van der Waals surface area contributed by atoms with Gasteiger partial charge in [-0.2, -0.15) is 0 Å². The van der Waals surface area contributed by atoms with Gasteiger partial charge >= 0.3 is 11.9 Å². The third-order valence-corrected chi connectivity index (χ3v) is 4.54. The highest BCUT2D eigenvalue weighted by Crippen LogP contribution is 2.78. The molecule has 0 aliphatic heterocycles. The third-order valence-electron chi connectivity index (χ3n) is 4.54. The zero-order chi connectivity index (χ0) is 11.0. The summed E-state index contributed by atoms with van der Waals surface area (Å²) in [6.07, 6.45) is 2.36. The molecule has 3 rings (SSSR count). The first kappa shape index (κ1) is 9.15. The third kappa shape index (κ3) is 0.873. The maximum absolute atomic E-state index is 11.1. The van der Waals surface area contributed by atoms with Crippen molar-refractivity contribution in [1.82, 2.24) is 0 Å². The predicted octanol–water partition coefficient (Wildman–Crippen LogP) is -0.101. The van der Waals surface area contributed by atoms with Crippen molar-refractivity contribution >= 4 is 11.9 Å². The monoisotopic (exact) mass is 211 g/mol. The highest BCUT2D eigenvalue weighted by molar-refractivity contribution is 5.86. The molecule has 0 aromatic carbocycles. The molecule has 3 aliphatic rings. The van der Waals surface area contributed by atoms with Gasteiger partial charge in [0.15, 0.2) is 0 Å². The molecular weight excluding hydrogens is 198 g/mol. The van der Waals surface area contributed by atoms with Crippen LogP contribution in [0.2, 0.25) is 0 Å². The van der Waals surface area contributed by atoms with Crippen molar-refractivity contribution in [1.29, 1.82) is 0 Å². The highest BCUT2D eigenvalue weighted by atomic mass is 16.4. The average Bonchev–Trinajstić information content (AvgIpc) is 2.91. The fourth-order valence-electron chi connectivity index (χ4n) is 3.73. The number of carbonyl (C=O) groups is 2. The van der Waals surface area contributed by atoms with Crippen molar-refractivity contribution in [2.75, 3.05) is 0 Å². The minimum Gasteiger partial charge on any atom is -0.481 e. The molecule has 0 bridgehead atoms. The molecule has 0 saturated heterocycles. The van der Waals surface area contributed by atoms with E-state index in [1.54, 1.807) is 0 Å². The number of fused-ring (bicyclic) bond motifs is 2. The van der Waals surface area contributed by atoms with Crippen LogP contribution in [0.25, 0.3) is 0 Å². The van der Waals surface area contributed by atoms with E-state index in [4.69, 9.17) is 15.9 Å². The van der Waals surface area contributed by atoms with Crippen LogP contribution in [0, 0.1) is 23.2 Å². The molecule has 0 aromatic heterocycles. The Bertz CT molecular complexity index is 376. The van der Waals surface area contributed by atoms with Gasteiger partial charge in [0.25, 0.3) is 0 Å². The van der Waals surface area contributed by atoms with E-state index in [0.29, 0.717) is 6.42 Å². The molecule has 0 radical (unpaired) electrons.